The molecule has 1 aromatic carbocycles. The minimum Gasteiger partial charge on any atom is -0.392 e. The number of halogens is 3. The zero-order chi connectivity index (χ0) is 19.3. The number of nitrogens with zero attached hydrogens (tertiary/aromatic N) is 1. The Hall–Kier alpha value is -2.20. The number of hydrogen-bond acceptors (Lipinski definition) is 4. The summed E-state index contributed by atoms with van der Waals surface area (Å²) in [6, 6.07) is 6.64. The van der Waals surface area contributed by atoms with Crippen LogP contribution in [0.1, 0.15) is 43.7 Å². The van der Waals surface area contributed by atoms with Crippen LogP contribution < -0.4 is 5.73 Å². The van der Waals surface area contributed by atoms with Crippen LogP contribution in [0.25, 0.3) is 0 Å². The second kappa shape index (κ2) is 6.20. The summed E-state index contributed by atoms with van der Waals surface area (Å²) in [5.41, 5.74) is 6.26. The number of carbonyl (C=O) groups is 1. The van der Waals surface area contributed by atoms with Crippen LogP contribution in [-0.4, -0.2) is 5.78 Å². The largest absolute Gasteiger partial charge is 0.416 e. The van der Waals surface area contributed by atoms with Gasteiger partial charge in [0.25, 0.3) is 0 Å². The van der Waals surface area contributed by atoms with E-state index < -0.39 is 17.7 Å². The molecule has 2 N–H and O–H groups in total. The van der Waals surface area contributed by atoms with Gasteiger partial charge in [0.2, 0.25) is 0 Å². The first-order valence-electron chi connectivity index (χ1n) is 8.04. The first-order chi connectivity index (χ1) is 12.0. The smallest absolute Gasteiger partial charge is 0.392 e. The molecule has 1 atom stereocenters. The highest BCUT2D eigenvalue weighted by molar-refractivity contribution is 8.06. The normalized spacial score (nSPS) is 22.9. The first kappa shape index (κ1) is 18.6. The number of allylic oxidation sites excluding steroid dienone is 3. The standard InChI is InChI=1S/C19H17F3N2OS/c1-18(2)7-13(25)16-14(8-18)26-17(24)12(9-23)15(16)10-3-5-11(6-4-10)19(20,21)22/h3-6,15H,7-8,24H2,1-2H3/t15-/m1/s1. The van der Waals surface area contributed by atoms with Crippen molar-refractivity contribution in [2.75, 3.05) is 0 Å². The van der Waals surface area contributed by atoms with Gasteiger partial charge >= 0.3 is 6.18 Å². The summed E-state index contributed by atoms with van der Waals surface area (Å²) in [5, 5.41) is 9.85. The van der Waals surface area contributed by atoms with E-state index in [4.69, 9.17) is 5.73 Å². The number of ketones is 1. The molecule has 2 aliphatic rings. The molecule has 0 radical (unpaired) electrons. The molecular formula is C19H17F3N2OS. The van der Waals surface area contributed by atoms with E-state index in [9.17, 15) is 23.2 Å². The molecular weight excluding hydrogens is 361 g/mol. The number of rotatable bonds is 1. The molecule has 3 rings (SSSR count). The third-order valence-electron chi connectivity index (χ3n) is 4.65. The number of alkyl halides is 3. The maximum Gasteiger partial charge on any atom is 0.416 e. The Kier molecular flexibility index (Phi) is 4.43. The number of benzene rings is 1. The molecule has 0 fully saturated rings. The minimum atomic E-state index is -4.44. The van der Waals surface area contributed by atoms with E-state index >= 15 is 0 Å². The topological polar surface area (TPSA) is 66.9 Å². The van der Waals surface area contributed by atoms with Gasteiger partial charge in [-0.05, 0) is 34.4 Å². The molecule has 0 aromatic heterocycles. The van der Waals surface area contributed by atoms with Crippen LogP contribution in [0.2, 0.25) is 0 Å². The van der Waals surface area contributed by atoms with Crippen LogP contribution in [0.15, 0.2) is 45.3 Å². The zero-order valence-corrected chi connectivity index (χ0v) is 15.1. The number of thioether (sulfide) groups is 1. The lowest BCUT2D eigenvalue weighted by atomic mass is 9.71. The van der Waals surface area contributed by atoms with Gasteiger partial charge in [-0.15, -0.1) is 0 Å². The second-order valence-electron chi connectivity index (χ2n) is 7.32. The summed E-state index contributed by atoms with van der Waals surface area (Å²) in [4.78, 5) is 13.6. The average Bonchev–Trinajstić information content (AvgIpc) is 2.51. The molecule has 0 unspecified atom stereocenters. The van der Waals surface area contributed by atoms with E-state index in [-0.39, 0.29) is 16.8 Å². The highest BCUT2D eigenvalue weighted by atomic mass is 32.2. The van der Waals surface area contributed by atoms with E-state index in [1.165, 1.54) is 23.9 Å². The molecule has 1 aliphatic carbocycles. The highest BCUT2D eigenvalue weighted by Gasteiger charge is 2.42. The van der Waals surface area contributed by atoms with E-state index in [1.54, 1.807) is 0 Å². The Morgan fingerprint density at radius 2 is 1.85 bits per heavy atom. The van der Waals surface area contributed by atoms with Crippen molar-refractivity contribution < 1.29 is 18.0 Å². The Balaban J connectivity index is 2.12. The van der Waals surface area contributed by atoms with Gasteiger partial charge in [0.15, 0.2) is 5.78 Å². The van der Waals surface area contributed by atoms with Crippen LogP contribution in [0.5, 0.6) is 0 Å². The van der Waals surface area contributed by atoms with E-state index in [2.05, 4.69) is 0 Å². The molecule has 136 valence electrons. The van der Waals surface area contributed by atoms with Crippen molar-refractivity contribution in [1.82, 2.24) is 0 Å². The molecule has 1 heterocycles. The molecule has 7 heteroatoms. The summed E-state index contributed by atoms with van der Waals surface area (Å²) in [7, 11) is 0. The van der Waals surface area contributed by atoms with Crippen molar-refractivity contribution >= 4 is 17.5 Å². The first-order valence-corrected chi connectivity index (χ1v) is 8.86. The number of nitriles is 1. The SMILES string of the molecule is CC1(C)CC(=O)C2=C(C1)SC(N)=C(C#N)[C@H]2c1ccc(C(F)(F)F)cc1. The fraction of sp³-hybridized carbons (Fsp3) is 0.368. The number of carbonyl (C=O) groups excluding carboxylic acids is 1. The van der Waals surface area contributed by atoms with Crippen LogP contribution in [-0.2, 0) is 11.0 Å². The van der Waals surface area contributed by atoms with E-state index in [1.807, 2.05) is 19.9 Å². The predicted molar refractivity (Wildman–Crippen MR) is 93.7 cm³/mol. The van der Waals surface area contributed by atoms with E-state index in [0.717, 1.165) is 17.0 Å². The molecule has 0 saturated heterocycles. The molecule has 0 saturated carbocycles. The molecule has 1 aromatic rings. The lowest BCUT2D eigenvalue weighted by molar-refractivity contribution is -0.137. The summed E-state index contributed by atoms with van der Waals surface area (Å²) >= 11 is 1.23. The molecule has 0 amide bonds. The van der Waals surface area contributed by atoms with Crippen LogP contribution in [0, 0.1) is 16.7 Å². The quantitative estimate of drug-likeness (QED) is 0.757. The predicted octanol–water partition coefficient (Wildman–Crippen LogP) is 4.87. The third kappa shape index (κ3) is 3.26. The Bertz CT molecular complexity index is 874. The van der Waals surface area contributed by atoms with Crippen molar-refractivity contribution in [1.29, 1.82) is 5.26 Å². The third-order valence-corrected chi connectivity index (χ3v) is 5.70. The van der Waals surface area contributed by atoms with Gasteiger partial charge in [0.05, 0.1) is 28.2 Å². The number of nitrogens with two attached hydrogens (primary N) is 1. The van der Waals surface area contributed by atoms with Gasteiger partial charge in [-0.1, -0.05) is 37.7 Å². The van der Waals surface area contributed by atoms with Gasteiger partial charge in [0, 0.05) is 12.0 Å². The fourth-order valence-corrected chi connectivity index (χ4v) is 4.83. The molecule has 1 aliphatic heterocycles. The van der Waals surface area contributed by atoms with Crippen LogP contribution >= 0.6 is 11.8 Å². The van der Waals surface area contributed by atoms with Crippen LogP contribution in [0.3, 0.4) is 0 Å². The van der Waals surface area contributed by atoms with Crippen molar-refractivity contribution in [3.63, 3.8) is 0 Å². The Morgan fingerprint density at radius 1 is 1.23 bits per heavy atom. The van der Waals surface area contributed by atoms with Crippen molar-refractivity contribution in [3.05, 3.63) is 56.5 Å². The van der Waals surface area contributed by atoms with E-state index in [0.29, 0.717) is 29.0 Å². The Morgan fingerprint density at radius 3 is 2.38 bits per heavy atom. The molecule has 3 nitrogen and oxygen atoms in total. The molecule has 26 heavy (non-hydrogen) atoms. The van der Waals surface area contributed by atoms with Gasteiger partial charge < -0.3 is 5.73 Å². The van der Waals surface area contributed by atoms with Gasteiger partial charge in [0.1, 0.15) is 0 Å². The van der Waals surface area contributed by atoms with Crippen LogP contribution in [0.4, 0.5) is 13.2 Å². The lowest BCUT2D eigenvalue weighted by Gasteiger charge is -2.37. The van der Waals surface area contributed by atoms with Crippen molar-refractivity contribution in [2.24, 2.45) is 11.1 Å². The molecule has 0 spiro atoms. The summed E-state index contributed by atoms with van der Waals surface area (Å²) in [5.74, 6) is -0.781. The molecule has 0 bridgehead atoms. The maximum atomic E-state index is 12.8. The zero-order valence-electron chi connectivity index (χ0n) is 14.3. The van der Waals surface area contributed by atoms with Gasteiger partial charge in [-0.25, -0.2) is 0 Å². The number of hydrogen-bond donors (Lipinski definition) is 1. The van der Waals surface area contributed by atoms with Gasteiger partial charge in [-0.3, -0.25) is 4.79 Å². The van der Waals surface area contributed by atoms with Crippen molar-refractivity contribution in [3.8, 4) is 6.07 Å². The summed E-state index contributed by atoms with van der Waals surface area (Å²) < 4.78 is 38.5. The van der Waals surface area contributed by atoms with Gasteiger partial charge in [-0.2, -0.15) is 18.4 Å². The fourth-order valence-electron chi connectivity index (χ4n) is 3.48. The summed E-state index contributed by atoms with van der Waals surface area (Å²) in [6.07, 6.45) is -3.46. The summed E-state index contributed by atoms with van der Waals surface area (Å²) in [6.45, 7) is 3.98. The maximum absolute atomic E-state index is 12.8. The minimum absolute atomic E-state index is 0.0751. The highest BCUT2D eigenvalue weighted by Crippen LogP contribution is 2.52. The lowest BCUT2D eigenvalue weighted by Crippen LogP contribution is -2.30. The average molecular weight is 378 g/mol. The number of Topliss-reactive ketones (excluding diaryl/α,β-unsaturated/α-hetero) is 1. The second-order valence-corrected chi connectivity index (χ2v) is 8.46. The van der Waals surface area contributed by atoms with Crippen molar-refractivity contribution in [2.45, 2.75) is 38.8 Å². The Labute approximate surface area is 153 Å². The monoisotopic (exact) mass is 378 g/mol.